The molecule has 0 aliphatic carbocycles. The summed E-state index contributed by atoms with van der Waals surface area (Å²) in [6.07, 6.45) is 1.61. The molecule has 2 aromatic rings. The quantitative estimate of drug-likeness (QED) is 0.683. The van der Waals surface area contributed by atoms with Crippen molar-refractivity contribution in [2.45, 2.75) is 13.5 Å². The van der Waals surface area contributed by atoms with Gasteiger partial charge in [0.2, 0.25) is 5.91 Å². The predicted molar refractivity (Wildman–Crippen MR) is 106 cm³/mol. The molecule has 2 rings (SSSR count). The fourth-order valence-electron chi connectivity index (χ4n) is 2.57. The maximum atomic E-state index is 12.6. The fourth-order valence-corrected chi connectivity index (χ4v) is 2.57. The molecule has 0 atom stereocenters. The van der Waals surface area contributed by atoms with Gasteiger partial charge in [0.15, 0.2) is 11.5 Å². The van der Waals surface area contributed by atoms with Gasteiger partial charge in [-0.1, -0.05) is 30.3 Å². The van der Waals surface area contributed by atoms with Gasteiger partial charge in [-0.15, -0.1) is 0 Å². The van der Waals surface area contributed by atoms with Crippen molar-refractivity contribution in [3.63, 3.8) is 0 Å². The Hall–Kier alpha value is -3.48. The third-order valence-corrected chi connectivity index (χ3v) is 3.89. The van der Waals surface area contributed by atoms with Crippen LogP contribution < -0.4 is 24.8 Å². The number of ether oxygens (including phenoxy) is 3. The van der Waals surface area contributed by atoms with Gasteiger partial charge in [0.25, 0.3) is 5.91 Å². The Kier molecular flexibility index (Phi) is 7.45. The van der Waals surface area contributed by atoms with E-state index in [4.69, 9.17) is 14.2 Å². The van der Waals surface area contributed by atoms with Crippen molar-refractivity contribution in [3.05, 3.63) is 59.3 Å². The molecule has 0 radical (unpaired) electrons. The van der Waals surface area contributed by atoms with E-state index in [0.29, 0.717) is 22.8 Å². The van der Waals surface area contributed by atoms with Crippen LogP contribution in [0.1, 0.15) is 18.1 Å². The van der Waals surface area contributed by atoms with E-state index in [1.54, 1.807) is 18.2 Å². The monoisotopic (exact) mass is 384 g/mol. The summed E-state index contributed by atoms with van der Waals surface area (Å²) < 4.78 is 15.9. The fraction of sp³-hybridized carbons (Fsp3) is 0.238. The maximum Gasteiger partial charge on any atom is 0.268 e. The van der Waals surface area contributed by atoms with E-state index < -0.39 is 5.91 Å². The minimum atomic E-state index is -0.420. The number of carbonyl (C=O) groups is 2. The molecule has 148 valence electrons. The standard InChI is InChI=1S/C21H24N2O5/c1-14(24)23-17(10-15-8-6-5-7-9-15)21(25)22-13-16-11-19(27-3)20(28-4)12-18(16)26-2/h5-12H,13H2,1-4H3,(H,22,25)(H,23,24)/b17-10-. The molecule has 0 aliphatic rings. The molecule has 0 fully saturated rings. The zero-order valence-electron chi connectivity index (χ0n) is 16.4. The number of amides is 2. The second-order valence-electron chi connectivity index (χ2n) is 5.85. The van der Waals surface area contributed by atoms with Crippen molar-refractivity contribution >= 4 is 17.9 Å². The number of rotatable bonds is 8. The van der Waals surface area contributed by atoms with E-state index in [9.17, 15) is 9.59 Å². The molecule has 2 amide bonds. The summed E-state index contributed by atoms with van der Waals surface area (Å²) in [6.45, 7) is 1.53. The van der Waals surface area contributed by atoms with E-state index >= 15 is 0 Å². The summed E-state index contributed by atoms with van der Waals surface area (Å²) in [5.41, 5.74) is 1.65. The van der Waals surface area contributed by atoms with Crippen LogP contribution in [0.2, 0.25) is 0 Å². The Morgan fingerprint density at radius 1 is 0.929 bits per heavy atom. The van der Waals surface area contributed by atoms with Crippen LogP contribution in [-0.4, -0.2) is 33.1 Å². The lowest BCUT2D eigenvalue weighted by Gasteiger charge is -2.15. The normalized spacial score (nSPS) is 10.8. The molecule has 7 nitrogen and oxygen atoms in total. The van der Waals surface area contributed by atoms with Gasteiger partial charge in [0.1, 0.15) is 11.4 Å². The van der Waals surface area contributed by atoms with Crippen LogP contribution in [0.4, 0.5) is 0 Å². The number of hydrogen-bond donors (Lipinski definition) is 2. The van der Waals surface area contributed by atoms with Crippen molar-refractivity contribution < 1.29 is 23.8 Å². The molecule has 7 heteroatoms. The van der Waals surface area contributed by atoms with Crippen LogP contribution in [0.15, 0.2) is 48.2 Å². The molecule has 0 bridgehead atoms. The van der Waals surface area contributed by atoms with Gasteiger partial charge in [0, 0.05) is 25.1 Å². The average Bonchev–Trinajstić information content (AvgIpc) is 2.71. The lowest BCUT2D eigenvalue weighted by Crippen LogP contribution is -2.33. The molecule has 0 saturated heterocycles. The van der Waals surface area contributed by atoms with Crippen LogP contribution >= 0.6 is 0 Å². The SMILES string of the molecule is COc1cc(OC)c(OC)cc1CNC(=O)/C(=C/c1ccccc1)NC(C)=O. The smallest absolute Gasteiger partial charge is 0.268 e. The van der Waals surface area contributed by atoms with Gasteiger partial charge >= 0.3 is 0 Å². The molecule has 0 saturated carbocycles. The van der Waals surface area contributed by atoms with E-state index in [0.717, 1.165) is 5.56 Å². The Bertz CT molecular complexity index is 863. The molecule has 2 aromatic carbocycles. The third kappa shape index (κ3) is 5.51. The molecule has 28 heavy (non-hydrogen) atoms. The first-order chi connectivity index (χ1) is 13.5. The number of hydrogen-bond acceptors (Lipinski definition) is 5. The largest absolute Gasteiger partial charge is 0.496 e. The zero-order valence-corrected chi connectivity index (χ0v) is 16.4. The Labute approximate surface area is 164 Å². The number of carbonyl (C=O) groups excluding carboxylic acids is 2. The van der Waals surface area contributed by atoms with Gasteiger partial charge in [0.05, 0.1) is 21.3 Å². The van der Waals surface area contributed by atoms with E-state index in [-0.39, 0.29) is 18.1 Å². The minimum absolute atomic E-state index is 0.151. The first-order valence-electron chi connectivity index (χ1n) is 8.60. The first-order valence-corrected chi connectivity index (χ1v) is 8.60. The molecule has 0 spiro atoms. The van der Waals surface area contributed by atoms with Gasteiger partial charge in [-0.05, 0) is 17.7 Å². The highest BCUT2D eigenvalue weighted by atomic mass is 16.5. The number of benzene rings is 2. The lowest BCUT2D eigenvalue weighted by molar-refractivity contribution is -0.122. The highest BCUT2D eigenvalue weighted by Crippen LogP contribution is 2.34. The highest BCUT2D eigenvalue weighted by Gasteiger charge is 2.15. The van der Waals surface area contributed by atoms with E-state index in [1.807, 2.05) is 30.3 Å². The van der Waals surface area contributed by atoms with Crippen molar-refractivity contribution in [1.29, 1.82) is 0 Å². The van der Waals surface area contributed by atoms with Gasteiger partial charge < -0.3 is 24.8 Å². The summed E-state index contributed by atoms with van der Waals surface area (Å²) in [6, 6.07) is 12.7. The summed E-state index contributed by atoms with van der Waals surface area (Å²) >= 11 is 0. The molecule has 0 unspecified atom stereocenters. The van der Waals surface area contributed by atoms with Gasteiger partial charge in [-0.3, -0.25) is 9.59 Å². The summed E-state index contributed by atoms with van der Waals surface area (Å²) in [5, 5.41) is 5.36. The van der Waals surface area contributed by atoms with Crippen molar-refractivity contribution in [2.75, 3.05) is 21.3 Å². The van der Waals surface area contributed by atoms with Crippen molar-refractivity contribution in [2.24, 2.45) is 0 Å². The van der Waals surface area contributed by atoms with E-state index in [2.05, 4.69) is 10.6 Å². The minimum Gasteiger partial charge on any atom is -0.496 e. The van der Waals surface area contributed by atoms with Crippen LogP contribution in [0.5, 0.6) is 17.2 Å². The Morgan fingerprint density at radius 3 is 2.11 bits per heavy atom. The van der Waals surface area contributed by atoms with Gasteiger partial charge in [-0.2, -0.15) is 0 Å². The maximum absolute atomic E-state index is 12.6. The molecule has 0 heterocycles. The van der Waals surface area contributed by atoms with Crippen LogP contribution in [0.25, 0.3) is 6.08 Å². The molecule has 0 aromatic heterocycles. The highest BCUT2D eigenvalue weighted by molar-refractivity contribution is 6.00. The third-order valence-electron chi connectivity index (χ3n) is 3.89. The second-order valence-corrected chi connectivity index (χ2v) is 5.85. The Morgan fingerprint density at radius 2 is 1.54 bits per heavy atom. The molecule has 2 N–H and O–H groups in total. The lowest BCUT2D eigenvalue weighted by atomic mass is 10.1. The van der Waals surface area contributed by atoms with E-state index in [1.165, 1.54) is 28.3 Å². The van der Waals surface area contributed by atoms with Crippen molar-refractivity contribution in [3.8, 4) is 17.2 Å². The molecule has 0 aliphatic heterocycles. The predicted octanol–water partition coefficient (Wildman–Crippen LogP) is 2.51. The topological polar surface area (TPSA) is 85.9 Å². The van der Waals surface area contributed by atoms with Crippen LogP contribution in [-0.2, 0) is 16.1 Å². The number of methoxy groups -OCH3 is 3. The second kappa shape index (κ2) is 10.0. The first kappa shape index (κ1) is 20.8. The van der Waals surface area contributed by atoms with Crippen molar-refractivity contribution in [1.82, 2.24) is 10.6 Å². The van der Waals surface area contributed by atoms with Crippen LogP contribution in [0, 0.1) is 0 Å². The summed E-state index contributed by atoms with van der Waals surface area (Å²) in [4.78, 5) is 24.1. The number of nitrogens with one attached hydrogen (secondary N) is 2. The summed E-state index contributed by atoms with van der Waals surface area (Å²) in [7, 11) is 4.60. The molecular formula is C21H24N2O5. The van der Waals surface area contributed by atoms with Crippen LogP contribution in [0.3, 0.4) is 0 Å². The Balaban J connectivity index is 2.22. The average molecular weight is 384 g/mol. The molecular weight excluding hydrogens is 360 g/mol. The zero-order chi connectivity index (χ0) is 20.5. The van der Waals surface area contributed by atoms with Gasteiger partial charge in [-0.25, -0.2) is 0 Å². The summed E-state index contributed by atoms with van der Waals surface area (Å²) in [5.74, 6) is 0.842.